The van der Waals surface area contributed by atoms with Crippen LogP contribution in [0.3, 0.4) is 0 Å². The number of alkyl halides is 2. The number of benzene rings is 1. The van der Waals surface area contributed by atoms with Gasteiger partial charge in [0.05, 0.1) is 17.0 Å². The first-order valence-electron chi connectivity index (χ1n) is 11.8. The Labute approximate surface area is 196 Å². The number of hydrogen-bond donors (Lipinski definition) is 1. The second-order valence-corrected chi connectivity index (χ2v) is 8.83. The van der Waals surface area contributed by atoms with Gasteiger partial charge >= 0.3 is 0 Å². The monoisotopic (exact) mass is 473 g/mol. The van der Waals surface area contributed by atoms with E-state index in [0.717, 1.165) is 44.8 Å². The molecule has 1 N–H and O–H groups in total. The molecule has 9 heteroatoms. The zero-order chi connectivity index (χ0) is 24.4. The van der Waals surface area contributed by atoms with Gasteiger partial charge in [0.15, 0.2) is 0 Å². The maximum atomic E-state index is 14.8. The molecular formula is C25H30F3N5O. The number of hydrogen-bond acceptors (Lipinski definition) is 5. The second kappa shape index (κ2) is 10.0. The molecule has 3 aromatic rings. The Morgan fingerprint density at radius 2 is 1.82 bits per heavy atom. The summed E-state index contributed by atoms with van der Waals surface area (Å²) in [5.41, 5.74) is 0.455. The number of aromatic nitrogens is 3. The van der Waals surface area contributed by atoms with E-state index in [1.807, 2.05) is 6.92 Å². The Morgan fingerprint density at radius 3 is 2.50 bits per heavy atom. The average Bonchev–Trinajstić information content (AvgIpc) is 2.82. The molecule has 1 fully saturated rings. The highest BCUT2D eigenvalue weighted by Gasteiger charge is 2.23. The fraction of sp³-hybridized carbons (Fsp3) is 0.480. The zero-order valence-electron chi connectivity index (χ0n) is 19.7. The van der Waals surface area contributed by atoms with Crippen LogP contribution in [0.5, 0.6) is 0 Å². The van der Waals surface area contributed by atoms with Gasteiger partial charge in [-0.15, -0.1) is 0 Å². The van der Waals surface area contributed by atoms with Gasteiger partial charge in [-0.3, -0.25) is 9.36 Å². The van der Waals surface area contributed by atoms with E-state index in [1.165, 1.54) is 16.7 Å². The van der Waals surface area contributed by atoms with Crippen molar-refractivity contribution in [2.24, 2.45) is 7.05 Å². The predicted octanol–water partition coefficient (Wildman–Crippen LogP) is 5.52. The zero-order valence-corrected chi connectivity index (χ0v) is 19.7. The molecule has 182 valence electrons. The van der Waals surface area contributed by atoms with Crippen molar-refractivity contribution in [1.29, 1.82) is 0 Å². The quantitative estimate of drug-likeness (QED) is 0.490. The topological polar surface area (TPSA) is 63.1 Å². The Bertz CT molecular complexity index is 1240. The van der Waals surface area contributed by atoms with Crippen LogP contribution >= 0.6 is 0 Å². The summed E-state index contributed by atoms with van der Waals surface area (Å²) in [6.45, 7) is 5.32. The maximum Gasteiger partial charge on any atom is 0.275 e. The van der Waals surface area contributed by atoms with Crippen molar-refractivity contribution in [3.8, 4) is 0 Å². The molecule has 0 bridgehead atoms. The molecule has 34 heavy (non-hydrogen) atoms. The molecule has 4 rings (SSSR count). The van der Waals surface area contributed by atoms with Gasteiger partial charge in [-0.1, -0.05) is 25.1 Å². The number of nitrogens with one attached hydrogen (secondary N) is 1. The smallest absolute Gasteiger partial charge is 0.275 e. The van der Waals surface area contributed by atoms with Crippen LogP contribution in [0, 0.1) is 5.82 Å². The van der Waals surface area contributed by atoms with Crippen molar-refractivity contribution >= 4 is 22.5 Å². The fourth-order valence-corrected chi connectivity index (χ4v) is 4.52. The Balaban J connectivity index is 1.82. The molecule has 2 aromatic heterocycles. The van der Waals surface area contributed by atoms with Crippen LogP contribution < -0.4 is 15.8 Å². The highest BCUT2D eigenvalue weighted by atomic mass is 19.3. The molecule has 1 saturated heterocycles. The van der Waals surface area contributed by atoms with Gasteiger partial charge in [-0.25, -0.2) is 23.1 Å². The summed E-state index contributed by atoms with van der Waals surface area (Å²) in [6, 6.07) is 5.18. The van der Waals surface area contributed by atoms with E-state index in [4.69, 9.17) is 0 Å². The molecule has 1 atom stereocenters. The van der Waals surface area contributed by atoms with Gasteiger partial charge in [-0.2, -0.15) is 0 Å². The Kier molecular flexibility index (Phi) is 7.09. The lowest BCUT2D eigenvalue weighted by atomic mass is 10.0. The first-order valence-corrected chi connectivity index (χ1v) is 11.8. The molecule has 3 heterocycles. The van der Waals surface area contributed by atoms with E-state index in [9.17, 15) is 18.0 Å². The molecular weight excluding hydrogens is 443 g/mol. The molecule has 0 amide bonds. The van der Waals surface area contributed by atoms with Crippen LogP contribution in [0.25, 0.3) is 11.0 Å². The number of aryl methyl sites for hydroxylation is 2. The summed E-state index contributed by atoms with van der Waals surface area (Å²) in [5, 5.41) is 3.85. The van der Waals surface area contributed by atoms with E-state index in [1.54, 1.807) is 20.0 Å². The van der Waals surface area contributed by atoms with E-state index in [2.05, 4.69) is 20.2 Å². The fourth-order valence-electron chi connectivity index (χ4n) is 4.52. The first kappa shape index (κ1) is 24.0. The third kappa shape index (κ3) is 4.60. The third-order valence-electron chi connectivity index (χ3n) is 6.38. The summed E-state index contributed by atoms with van der Waals surface area (Å²) >= 11 is 0. The van der Waals surface area contributed by atoms with Crippen LogP contribution in [-0.4, -0.2) is 27.6 Å². The molecule has 0 spiro atoms. The Morgan fingerprint density at radius 1 is 1.12 bits per heavy atom. The van der Waals surface area contributed by atoms with Crippen molar-refractivity contribution in [2.75, 3.05) is 23.3 Å². The van der Waals surface area contributed by atoms with Crippen LogP contribution in [0.2, 0.25) is 0 Å². The predicted molar refractivity (Wildman–Crippen MR) is 128 cm³/mol. The number of piperidine rings is 1. The summed E-state index contributed by atoms with van der Waals surface area (Å²) in [5.74, 6) is 0.0925. The number of pyridine rings is 1. The minimum atomic E-state index is -2.90. The van der Waals surface area contributed by atoms with E-state index in [0.29, 0.717) is 34.8 Å². The van der Waals surface area contributed by atoms with Crippen molar-refractivity contribution in [3.63, 3.8) is 0 Å². The van der Waals surface area contributed by atoms with Crippen LogP contribution in [0.4, 0.5) is 24.7 Å². The molecule has 0 aliphatic carbocycles. The summed E-state index contributed by atoms with van der Waals surface area (Å²) in [4.78, 5) is 24.6. The van der Waals surface area contributed by atoms with Gasteiger partial charge in [0.2, 0.25) is 0 Å². The van der Waals surface area contributed by atoms with Crippen molar-refractivity contribution in [1.82, 2.24) is 14.5 Å². The summed E-state index contributed by atoms with van der Waals surface area (Å²) < 4.78 is 42.8. The summed E-state index contributed by atoms with van der Waals surface area (Å²) in [7, 11) is 1.69. The molecule has 0 unspecified atom stereocenters. The largest absolute Gasteiger partial charge is 0.367 e. The highest BCUT2D eigenvalue weighted by Crippen LogP contribution is 2.31. The van der Waals surface area contributed by atoms with Gasteiger partial charge in [0.1, 0.15) is 28.8 Å². The minimum Gasteiger partial charge on any atom is -0.367 e. The number of halogens is 3. The van der Waals surface area contributed by atoms with E-state index in [-0.39, 0.29) is 11.1 Å². The van der Waals surface area contributed by atoms with Gasteiger partial charge < -0.3 is 10.2 Å². The minimum absolute atomic E-state index is 0.120. The van der Waals surface area contributed by atoms with Crippen molar-refractivity contribution < 1.29 is 13.2 Å². The number of rotatable bonds is 7. The normalized spacial score (nSPS) is 15.2. The first-order chi connectivity index (χ1) is 16.3. The van der Waals surface area contributed by atoms with E-state index >= 15 is 0 Å². The molecule has 1 aliphatic heterocycles. The van der Waals surface area contributed by atoms with E-state index < -0.39 is 23.8 Å². The molecule has 1 aromatic carbocycles. The van der Waals surface area contributed by atoms with Crippen LogP contribution in [-0.2, 0) is 13.5 Å². The van der Waals surface area contributed by atoms with Crippen LogP contribution in [0.15, 0.2) is 29.1 Å². The number of anilines is 2. The standard InChI is InChI=1S/C25H30F3N5O/c1-4-9-20-30-23(29-15(2)16-10-8-11-17(21(16)26)22(27)28)18-14-19(33-12-6-5-7-13-33)25(34)32(3)24(18)31-20/h8,10-11,14-15,22H,4-7,9,12-13H2,1-3H3,(H,29,30,31)/t15-/m1/s1. The number of fused-ring (bicyclic) bond motifs is 1. The maximum absolute atomic E-state index is 14.8. The van der Waals surface area contributed by atoms with Crippen molar-refractivity contribution in [3.05, 3.63) is 57.4 Å². The highest BCUT2D eigenvalue weighted by molar-refractivity contribution is 5.89. The molecule has 6 nitrogen and oxygen atoms in total. The van der Waals surface area contributed by atoms with Crippen LogP contribution in [0.1, 0.15) is 68.9 Å². The van der Waals surface area contributed by atoms with Gasteiger partial charge in [0.25, 0.3) is 12.0 Å². The lowest BCUT2D eigenvalue weighted by Crippen LogP contribution is -2.35. The summed E-state index contributed by atoms with van der Waals surface area (Å²) in [6.07, 6.45) is 1.71. The molecule has 1 aliphatic rings. The third-order valence-corrected chi connectivity index (χ3v) is 6.38. The lowest BCUT2D eigenvalue weighted by Gasteiger charge is -2.29. The Hall–Kier alpha value is -3.10. The second-order valence-electron chi connectivity index (χ2n) is 8.83. The number of nitrogens with zero attached hydrogens (tertiary/aromatic N) is 4. The lowest BCUT2D eigenvalue weighted by molar-refractivity contribution is 0.146. The average molecular weight is 474 g/mol. The molecule has 0 radical (unpaired) electrons. The van der Waals surface area contributed by atoms with Gasteiger partial charge in [-0.05, 0) is 38.7 Å². The van der Waals surface area contributed by atoms with Crippen molar-refractivity contribution in [2.45, 2.75) is 58.4 Å². The SMILES string of the molecule is CCCc1nc(N[C@H](C)c2cccc(C(F)F)c2F)c2cc(N3CCCCC3)c(=O)n(C)c2n1. The van der Waals surface area contributed by atoms with Gasteiger partial charge in [0, 0.05) is 32.1 Å². The molecule has 0 saturated carbocycles.